The van der Waals surface area contributed by atoms with Crippen molar-refractivity contribution in [2.45, 2.75) is 0 Å². The number of anilines is 3. The van der Waals surface area contributed by atoms with Crippen LogP contribution in [-0.4, -0.2) is 0 Å². The van der Waals surface area contributed by atoms with Crippen LogP contribution in [0.4, 0.5) is 17.1 Å². The molecule has 0 radical (unpaired) electrons. The molecule has 0 bridgehead atoms. The number of thiophene rings is 1. The van der Waals surface area contributed by atoms with Crippen molar-refractivity contribution in [2.75, 3.05) is 4.90 Å². The summed E-state index contributed by atoms with van der Waals surface area (Å²) in [7, 11) is 0. The van der Waals surface area contributed by atoms with Crippen molar-refractivity contribution >= 4 is 102 Å². The number of nitrogens with zero attached hydrogens (tertiary/aromatic N) is 1. The van der Waals surface area contributed by atoms with Crippen LogP contribution < -0.4 is 9.64 Å². The average Bonchev–Trinajstić information content (AvgIpc) is 3.74. The van der Waals surface area contributed by atoms with Crippen LogP contribution in [0.5, 0.6) is 11.5 Å². The number of hydrogen-bond donors (Lipinski definition) is 0. The predicted octanol–water partition coefficient (Wildman–Crippen LogP) is 19.5. The highest BCUT2D eigenvalue weighted by Crippen LogP contribution is 2.51. The molecule has 322 valence electrons. The highest BCUT2D eigenvalue weighted by Gasteiger charge is 2.25. The fraction of sp³-hybridized carbons (Fsp3) is 0. The number of hydrogen-bond acceptors (Lipinski definition) is 3. The second kappa shape index (κ2) is 16.0. The topological polar surface area (TPSA) is 12.5 Å². The molecule has 0 fully saturated rings. The predicted molar refractivity (Wildman–Crippen MR) is 296 cm³/mol. The normalized spacial score (nSPS) is 11.9. The standard InChI is InChI=1S/C66H41NOS/c1-2-18-42(19-3-1)45-20-12-15-31-60(45)67(44-35-38-62-59(41-44)52-27-9-8-25-50(52)54-28-13-16-32-61(54)68-62)43-34-36-53-49-24-7-5-22-47(49)46-21-4-6-23-48(46)51-26-10-11-29-55(51)65-56(58(53)40-43)37-39-64-66(65)57-30-14-17-33-63(57)69-64/h1-41H. The minimum absolute atomic E-state index is 0.828. The van der Waals surface area contributed by atoms with Gasteiger partial charge in [0.2, 0.25) is 0 Å². The maximum atomic E-state index is 6.81. The molecule has 3 heteroatoms. The van der Waals surface area contributed by atoms with E-state index >= 15 is 0 Å². The molecule has 0 aliphatic carbocycles. The van der Waals surface area contributed by atoms with Crippen molar-refractivity contribution in [3.63, 3.8) is 0 Å². The van der Waals surface area contributed by atoms with E-state index in [2.05, 4.69) is 248 Å². The molecular formula is C66H41NOS. The Morgan fingerprint density at radius 1 is 0.275 bits per heavy atom. The van der Waals surface area contributed by atoms with Crippen LogP contribution in [0.1, 0.15) is 0 Å². The zero-order valence-corrected chi connectivity index (χ0v) is 38.3. The van der Waals surface area contributed by atoms with Crippen LogP contribution in [0, 0.1) is 0 Å². The Balaban J connectivity index is 1.15. The van der Waals surface area contributed by atoms with Gasteiger partial charge in [0.15, 0.2) is 0 Å². The third-order valence-electron chi connectivity index (χ3n) is 14.1. The lowest BCUT2D eigenvalue weighted by atomic mass is 9.92. The van der Waals surface area contributed by atoms with Gasteiger partial charge in [0, 0.05) is 48.2 Å². The van der Waals surface area contributed by atoms with E-state index in [1.807, 2.05) is 17.4 Å². The van der Waals surface area contributed by atoms with Crippen molar-refractivity contribution in [3.05, 3.63) is 249 Å². The molecule has 14 rings (SSSR count). The largest absolute Gasteiger partial charge is 0.456 e. The maximum absolute atomic E-state index is 6.81. The average molecular weight is 896 g/mol. The first kappa shape index (κ1) is 39.4. The summed E-state index contributed by atoms with van der Waals surface area (Å²) in [5.41, 5.74) is 9.86. The van der Waals surface area contributed by atoms with E-state index in [0.29, 0.717) is 0 Å². The van der Waals surface area contributed by atoms with Crippen LogP contribution in [0.25, 0.3) is 107 Å². The minimum Gasteiger partial charge on any atom is -0.456 e. The summed E-state index contributed by atoms with van der Waals surface area (Å²) in [5, 5.41) is 14.7. The van der Waals surface area contributed by atoms with Crippen molar-refractivity contribution in [1.29, 1.82) is 0 Å². The second-order valence-corrected chi connectivity index (χ2v) is 19.0. The number of fused-ring (bicyclic) bond motifs is 19. The lowest BCUT2D eigenvalue weighted by Crippen LogP contribution is -2.11. The Hall–Kier alpha value is -8.76. The molecule has 0 spiro atoms. The summed E-state index contributed by atoms with van der Waals surface area (Å²) in [4.78, 5) is 2.45. The van der Waals surface area contributed by atoms with Crippen LogP contribution in [0.2, 0.25) is 0 Å². The SMILES string of the molecule is c1ccc(-c2ccccc2N(c2ccc3c(c2)-c2ccccc2-c2ccccc2O3)c2ccc3c4ccccc4c4ccccc4c4ccccc4c4c(ccc5sc6ccccc6c54)c3c2)cc1. The lowest BCUT2D eigenvalue weighted by Gasteiger charge is -2.29. The van der Waals surface area contributed by atoms with Gasteiger partial charge in [-0.3, -0.25) is 0 Å². The second-order valence-electron chi connectivity index (χ2n) is 17.9. The molecule has 1 aliphatic rings. The highest BCUT2D eigenvalue weighted by atomic mass is 32.1. The van der Waals surface area contributed by atoms with Crippen molar-refractivity contribution in [3.8, 4) is 44.9 Å². The minimum atomic E-state index is 0.828. The number of ether oxygens (including phenoxy) is 1. The van der Waals surface area contributed by atoms with Gasteiger partial charge in [0.25, 0.3) is 0 Å². The summed E-state index contributed by atoms with van der Waals surface area (Å²) in [6, 6.07) is 91.1. The van der Waals surface area contributed by atoms with Gasteiger partial charge in [-0.05, 0) is 125 Å². The first-order valence-corrected chi connectivity index (χ1v) is 24.4. The van der Waals surface area contributed by atoms with Crippen molar-refractivity contribution in [1.82, 2.24) is 0 Å². The Morgan fingerprint density at radius 2 is 0.754 bits per heavy atom. The third kappa shape index (κ3) is 6.32. The van der Waals surface area contributed by atoms with Crippen molar-refractivity contribution < 1.29 is 4.74 Å². The number of rotatable bonds is 4. The van der Waals surface area contributed by atoms with E-state index in [1.54, 1.807) is 0 Å². The molecule has 0 saturated heterocycles. The first-order chi connectivity index (χ1) is 34.2. The van der Waals surface area contributed by atoms with Gasteiger partial charge in [0.1, 0.15) is 11.5 Å². The van der Waals surface area contributed by atoms with E-state index < -0.39 is 0 Å². The van der Waals surface area contributed by atoms with E-state index in [1.165, 1.54) is 74.0 Å². The number of benzene rings is 11. The molecule has 0 amide bonds. The molecule has 1 aromatic heterocycles. The van der Waals surface area contributed by atoms with Gasteiger partial charge >= 0.3 is 0 Å². The molecule has 2 heterocycles. The molecule has 12 aromatic carbocycles. The molecule has 0 atom stereocenters. The van der Waals surface area contributed by atoms with Gasteiger partial charge in [-0.25, -0.2) is 0 Å². The third-order valence-corrected chi connectivity index (χ3v) is 15.2. The molecular weight excluding hydrogens is 855 g/mol. The monoisotopic (exact) mass is 895 g/mol. The van der Waals surface area contributed by atoms with E-state index in [9.17, 15) is 0 Å². The van der Waals surface area contributed by atoms with E-state index in [4.69, 9.17) is 4.74 Å². The van der Waals surface area contributed by atoms with E-state index in [-0.39, 0.29) is 0 Å². The summed E-state index contributed by atoms with van der Waals surface area (Å²) in [6.07, 6.45) is 0. The molecule has 0 N–H and O–H groups in total. The van der Waals surface area contributed by atoms with Crippen LogP contribution in [0.15, 0.2) is 249 Å². The van der Waals surface area contributed by atoms with Gasteiger partial charge in [-0.1, -0.05) is 194 Å². The molecule has 1 aliphatic heterocycles. The maximum Gasteiger partial charge on any atom is 0.135 e. The zero-order valence-electron chi connectivity index (χ0n) is 37.4. The van der Waals surface area contributed by atoms with Gasteiger partial charge in [0.05, 0.1) is 5.69 Å². The Morgan fingerprint density at radius 3 is 1.48 bits per heavy atom. The molecule has 0 unspecified atom stereocenters. The molecule has 2 nitrogen and oxygen atoms in total. The summed E-state index contributed by atoms with van der Waals surface area (Å²) in [5.74, 6) is 1.68. The summed E-state index contributed by atoms with van der Waals surface area (Å²) >= 11 is 1.87. The van der Waals surface area contributed by atoms with E-state index in [0.717, 1.165) is 61.9 Å². The quantitative estimate of drug-likeness (QED) is 0.175. The first-order valence-electron chi connectivity index (χ1n) is 23.6. The lowest BCUT2D eigenvalue weighted by molar-refractivity contribution is 0.488. The molecule has 69 heavy (non-hydrogen) atoms. The zero-order chi connectivity index (χ0) is 45.4. The van der Waals surface area contributed by atoms with Gasteiger partial charge < -0.3 is 9.64 Å². The summed E-state index contributed by atoms with van der Waals surface area (Å²) < 4.78 is 9.38. The van der Waals surface area contributed by atoms with Crippen LogP contribution in [-0.2, 0) is 0 Å². The fourth-order valence-corrected chi connectivity index (χ4v) is 12.2. The smallest absolute Gasteiger partial charge is 0.135 e. The highest BCUT2D eigenvalue weighted by molar-refractivity contribution is 7.26. The molecule has 13 aromatic rings. The molecule has 0 saturated carbocycles. The van der Waals surface area contributed by atoms with Crippen LogP contribution >= 0.6 is 11.3 Å². The van der Waals surface area contributed by atoms with Crippen LogP contribution in [0.3, 0.4) is 0 Å². The summed E-state index contributed by atoms with van der Waals surface area (Å²) in [6.45, 7) is 0. The fourth-order valence-electron chi connectivity index (χ4n) is 11.1. The number of para-hydroxylation sites is 2. The Bertz CT molecular complexity index is 4300. The van der Waals surface area contributed by atoms with Crippen molar-refractivity contribution in [2.24, 2.45) is 0 Å². The van der Waals surface area contributed by atoms with Gasteiger partial charge in [-0.15, -0.1) is 11.3 Å². The Labute approximate surface area is 403 Å². The van der Waals surface area contributed by atoms with Gasteiger partial charge in [-0.2, -0.15) is 0 Å². The Kier molecular flexibility index (Phi) is 9.11.